The summed E-state index contributed by atoms with van der Waals surface area (Å²) in [6.45, 7) is 1.79. The van der Waals surface area contributed by atoms with Crippen molar-refractivity contribution in [2.45, 2.75) is 6.42 Å². The molecule has 0 aliphatic carbocycles. The largest absolute Gasteiger partial charge is 0.339 e. The van der Waals surface area contributed by atoms with E-state index in [0.29, 0.717) is 11.3 Å². The van der Waals surface area contributed by atoms with E-state index in [1.54, 1.807) is 12.1 Å². The first-order chi connectivity index (χ1) is 13.3. The van der Waals surface area contributed by atoms with Gasteiger partial charge in [0.25, 0.3) is 0 Å². The van der Waals surface area contributed by atoms with Gasteiger partial charge in [-0.05, 0) is 50.3 Å². The molecule has 3 nitrogen and oxygen atoms in total. The van der Waals surface area contributed by atoms with Gasteiger partial charge in [-0.3, -0.25) is 0 Å². The number of hydrogen-bond donors (Lipinski definition) is 1. The van der Waals surface area contributed by atoms with Gasteiger partial charge >= 0.3 is 0 Å². The summed E-state index contributed by atoms with van der Waals surface area (Å²) in [4.78, 5) is 7.20. The molecule has 0 saturated heterocycles. The summed E-state index contributed by atoms with van der Waals surface area (Å²) in [6, 6.07) is 23.0. The van der Waals surface area contributed by atoms with Gasteiger partial charge in [0, 0.05) is 17.7 Å². The molecule has 0 amide bonds. The predicted molar refractivity (Wildman–Crippen MR) is 110 cm³/mol. The van der Waals surface area contributed by atoms with Crippen LogP contribution < -0.4 is 10.2 Å². The van der Waals surface area contributed by atoms with Crippen LogP contribution in [0.15, 0.2) is 77.8 Å². The molecule has 1 aliphatic rings. The number of anilines is 2. The Kier molecular flexibility index (Phi) is 4.99. The second kappa shape index (κ2) is 7.72. The van der Waals surface area contributed by atoms with Crippen molar-refractivity contribution in [3.63, 3.8) is 0 Å². The summed E-state index contributed by atoms with van der Waals surface area (Å²) >= 11 is 0. The second-order valence-corrected chi connectivity index (χ2v) is 6.55. The molecular formula is C23H22FN3. The van der Waals surface area contributed by atoms with Crippen LogP contribution in [0.3, 0.4) is 0 Å². The Labute approximate surface area is 159 Å². The first-order valence-electron chi connectivity index (χ1n) is 9.24. The number of halogens is 1. The molecule has 0 fully saturated rings. The lowest BCUT2D eigenvalue weighted by atomic mass is 9.99. The van der Waals surface area contributed by atoms with E-state index in [4.69, 9.17) is 4.99 Å². The number of aliphatic imine (C=N–C) groups is 1. The molecule has 1 heterocycles. The number of hydrogen-bond acceptors (Lipinski definition) is 3. The van der Waals surface area contributed by atoms with Crippen LogP contribution in [0.1, 0.15) is 17.5 Å². The summed E-state index contributed by atoms with van der Waals surface area (Å²) in [5.74, 6) is -0.257. The third-order valence-corrected chi connectivity index (χ3v) is 4.79. The zero-order valence-corrected chi connectivity index (χ0v) is 15.3. The quantitative estimate of drug-likeness (QED) is 0.645. The van der Waals surface area contributed by atoms with E-state index < -0.39 is 0 Å². The molecule has 4 rings (SSSR count). The van der Waals surface area contributed by atoms with E-state index >= 15 is 0 Å². The Bertz CT molecular complexity index is 981. The lowest BCUT2D eigenvalue weighted by Gasteiger charge is -2.26. The highest BCUT2D eigenvalue weighted by Crippen LogP contribution is 2.40. The number of rotatable bonds is 5. The molecule has 3 aromatic carbocycles. The Balaban J connectivity index is 1.92. The van der Waals surface area contributed by atoms with E-state index in [0.717, 1.165) is 42.1 Å². The van der Waals surface area contributed by atoms with Crippen molar-refractivity contribution >= 4 is 22.8 Å². The third kappa shape index (κ3) is 3.36. The predicted octanol–water partition coefficient (Wildman–Crippen LogP) is 5.06. The maximum atomic E-state index is 14.6. The van der Waals surface area contributed by atoms with Gasteiger partial charge in [0.1, 0.15) is 5.82 Å². The lowest BCUT2D eigenvalue weighted by molar-refractivity contribution is 0.625. The molecule has 0 aromatic heterocycles. The minimum Gasteiger partial charge on any atom is -0.339 e. The van der Waals surface area contributed by atoms with Gasteiger partial charge in [0.15, 0.2) is 0 Å². The zero-order chi connectivity index (χ0) is 18.6. The first-order valence-corrected chi connectivity index (χ1v) is 9.24. The lowest BCUT2D eigenvalue weighted by Crippen LogP contribution is -2.23. The fourth-order valence-corrected chi connectivity index (χ4v) is 3.52. The van der Waals surface area contributed by atoms with Gasteiger partial charge in [0.05, 0.1) is 22.8 Å². The van der Waals surface area contributed by atoms with Crippen molar-refractivity contribution in [1.82, 2.24) is 5.32 Å². The van der Waals surface area contributed by atoms with Crippen LogP contribution in [-0.2, 0) is 0 Å². The fraction of sp³-hybridized carbons (Fsp3) is 0.174. The van der Waals surface area contributed by atoms with Gasteiger partial charge in [0.2, 0.25) is 0 Å². The van der Waals surface area contributed by atoms with Crippen molar-refractivity contribution in [2.24, 2.45) is 4.99 Å². The average molecular weight is 359 g/mol. The highest BCUT2D eigenvalue weighted by Gasteiger charge is 2.24. The minimum atomic E-state index is -0.257. The Hall–Kier alpha value is -2.98. The summed E-state index contributed by atoms with van der Waals surface area (Å²) in [5, 5.41) is 3.21. The molecule has 0 radical (unpaired) electrons. The number of nitrogens with one attached hydrogen (secondary N) is 1. The van der Waals surface area contributed by atoms with E-state index in [9.17, 15) is 4.39 Å². The highest BCUT2D eigenvalue weighted by atomic mass is 19.1. The monoisotopic (exact) mass is 359 g/mol. The van der Waals surface area contributed by atoms with Gasteiger partial charge in [-0.2, -0.15) is 0 Å². The average Bonchev–Trinajstić information content (AvgIpc) is 2.84. The van der Waals surface area contributed by atoms with Crippen molar-refractivity contribution in [1.29, 1.82) is 0 Å². The van der Waals surface area contributed by atoms with E-state index in [2.05, 4.69) is 22.3 Å². The molecule has 0 atom stereocenters. The standard InChI is InChI=1S/C23H22FN3/c1-25-15-8-16-27-21-13-6-3-10-18(21)23(17-9-2-4-11-19(17)24)26-20-12-5-7-14-22(20)27/h2-7,9-14,25H,8,15-16H2,1H3. The van der Waals surface area contributed by atoms with Crippen molar-refractivity contribution in [3.05, 3.63) is 89.7 Å². The minimum absolute atomic E-state index is 0.257. The van der Waals surface area contributed by atoms with Crippen molar-refractivity contribution < 1.29 is 4.39 Å². The topological polar surface area (TPSA) is 27.6 Å². The number of para-hydroxylation sites is 3. The van der Waals surface area contributed by atoms with Gasteiger partial charge in [-0.1, -0.05) is 42.5 Å². The molecule has 3 aromatic rings. The van der Waals surface area contributed by atoms with Gasteiger partial charge in [-0.25, -0.2) is 9.38 Å². The molecule has 1 aliphatic heterocycles. The van der Waals surface area contributed by atoms with E-state index in [-0.39, 0.29) is 5.82 Å². The highest BCUT2D eigenvalue weighted by molar-refractivity contribution is 6.18. The fourth-order valence-electron chi connectivity index (χ4n) is 3.52. The SMILES string of the molecule is CNCCCN1c2ccccc2N=C(c2ccccc2F)c2ccccc21. The summed E-state index contributed by atoms with van der Waals surface area (Å²) in [6.07, 6.45) is 0.994. The normalized spacial score (nSPS) is 12.8. The maximum Gasteiger partial charge on any atom is 0.132 e. The Morgan fingerprint density at radius 1 is 0.852 bits per heavy atom. The summed E-state index contributed by atoms with van der Waals surface area (Å²) < 4.78 is 14.6. The molecule has 0 spiro atoms. The van der Waals surface area contributed by atoms with E-state index in [1.165, 1.54) is 6.07 Å². The van der Waals surface area contributed by atoms with Crippen molar-refractivity contribution in [3.8, 4) is 0 Å². The Morgan fingerprint density at radius 3 is 2.30 bits per heavy atom. The van der Waals surface area contributed by atoms with Crippen LogP contribution in [0, 0.1) is 5.82 Å². The number of benzene rings is 3. The maximum absolute atomic E-state index is 14.6. The summed E-state index contributed by atoms with van der Waals surface area (Å²) in [5.41, 5.74) is 5.11. The van der Waals surface area contributed by atoms with Gasteiger partial charge < -0.3 is 10.2 Å². The first kappa shape index (κ1) is 17.4. The molecule has 1 N–H and O–H groups in total. The van der Waals surface area contributed by atoms with Crippen LogP contribution in [-0.4, -0.2) is 25.8 Å². The van der Waals surface area contributed by atoms with Crippen LogP contribution in [0.4, 0.5) is 21.5 Å². The van der Waals surface area contributed by atoms with Crippen LogP contribution in [0.2, 0.25) is 0 Å². The smallest absolute Gasteiger partial charge is 0.132 e. The second-order valence-electron chi connectivity index (χ2n) is 6.55. The molecule has 0 saturated carbocycles. The van der Waals surface area contributed by atoms with Crippen LogP contribution in [0.25, 0.3) is 0 Å². The van der Waals surface area contributed by atoms with Gasteiger partial charge in [-0.15, -0.1) is 0 Å². The molecule has 0 unspecified atom stereocenters. The van der Waals surface area contributed by atoms with E-state index in [1.807, 2.05) is 49.5 Å². The molecular weight excluding hydrogens is 337 g/mol. The van der Waals surface area contributed by atoms with Crippen molar-refractivity contribution in [2.75, 3.05) is 25.0 Å². The molecule has 27 heavy (non-hydrogen) atoms. The Morgan fingerprint density at radius 2 is 1.52 bits per heavy atom. The molecule has 4 heteroatoms. The summed E-state index contributed by atoms with van der Waals surface area (Å²) in [7, 11) is 1.96. The third-order valence-electron chi connectivity index (χ3n) is 4.79. The van der Waals surface area contributed by atoms with Crippen LogP contribution in [0.5, 0.6) is 0 Å². The molecule has 136 valence electrons. The number of nitrogens with zero attached hydrogens (tertiary/aromatic N) is 2. The van der Waals surface area contributed by atoms with Crippen LogP contribution >= 0.6 is 0 Å². The molecule has 0 bridgehead atoms. The number of fused-ring (bicyclic) bond motifs is 2. The zero-order valence-electron chi connectivity index (χ0n) is 15.3.